The molecule has 4 heteroatoms. The summed E-state index contributed by atoms with van der Waals surface area (Å²) in [5.74, 6) is 0.415. The molecule has 10 rings (SSSR count). The minimum Gasteiger partial charge on any atom is -0.201 e. The van der Waals surface area contributed by atoms with Crippen LogP contribution in [-0.4, -0.2) is 0 Å². The van der Waals surface area contributed by atoms with Gasteiger partial charge in [-0.15, -0.1) is 0 Å². The van der Waals surface area contributed by atoms with Crippen molar-refractivity contribution in [3.05, 3.63) is 213 Å². The molecule has 0 atom stereocenters. The van der Waals surface area contributed by atoms with Crippen molar-refractivity contribution in [1.82, 2.24) is 0 Å². The molecule has 4 heterocycles. The molecule has 0 saturated heterocycles. The van der Waals surface area contributed by atoms with E-state index < -0.39 is 11.8 Å². The van der Waals surface area contributed by atoms with Crippen molar-refractivity contribution in [1.29, 1.82) is 0 Å². The molecule has 80 heavy (non-hydrogen) atoms. The molecule has 0 spiro atoms. The summed E-state index contributed by atoms with van der Waals surface area (Å²) in [5.41, 5.74) is 25.2. The molecular weight excluding hydrogens is 969 g/mol. The maximum atomic E-state index is 8.76. The van der Waals surface area contributed by atoms with Gasteiger partial charge in [0, 0.05) is 72.9 Å². The molecule has 2 saturated carbocycles. The molecule has 420 valence electrons. The minimum absolute atomic E-state index is 0.321. The maximum Gasteiger partial charge on any atom is 0.212 e. The van der Waals surface area contributed by atoms with Gasteiger partial charge in [0.25, 0.3) is 0 Å². The fourth-order valence-corrected chi connectivity index (χ4v) is 12.0. The van der Waals surface area contributed by atoms with Crippen LogP contribution < -0.4 is 18.3 Å². The Morgan fingerprint density at radius 2 is 0.700 bits per heavy atom. The first kappa shape index (κ1) is 56.7. The molecule has 0 aliphatic heterocycles. The Labute approximate surface area is 489 Å². The molecule has 4 aromatic heterocycles. The molecule has 8 aromatic rings. The van der Waals surface area contributed by atoms with Gasteiger partial charge < -0.3 is 0 Å². The third-order valence-electron chi connectivity index (χ3n) is 16.4. The van der Waals surface area contributed by atoms with Crippen LogP contribution in [0, 0.1) is 66.2 Å². The lowest BCUT2D eigenvalue weighted by molar-refractivity contribution is -0.661. The van der Waals surface area contributed by atoms with E-state index >= 15 is 0 Å². The molecule has 2 fully saturated rings. The van der Waals surface area contributed by atoms with Gasteiger partial charge in [0.05, 0.1) is 0 Å². The Morgan fingerprint density at radius 1 is 0.388 bits per heavy atom. The summed E-state index contributed by atoms with van der Waals surface area (Å²) in [7, 11) is 8.42. The lowest BCUT2D eigenvalue weighted by atomic mass is 9.87. The molecular formula is C76H100N4+4. The minimum atomic E-state index is -1.38. The molecule has 0 radical (unpaired) electrons. The van der Waals surface area contributed by atoms with E-state index in [4.69, 9.17) is 4.11 Å². The summed E-state index contributed by atoms with van der Waals surface area (Å²) >= 11 is 0. The van der Waals surface area contributed by atoms with Crippen LogP contribution in [-0.2, 0) is 41.0 Å². The Balaban J connectivity index is 0.000000159. The van der Waals surface area contributed by atoms with Crippen molar-refractivity contribution >= 4 is 0 Å². The number of aromatic nitrogens is 4. The first-order chi connectivity index (χ1) is 39.0. The number of rotatable bonds is 8. The van der Waals surface area contributed by atoms with Gasteiger partial charge in [-0.25, -0.2) is 18.3 Å². The third kappa shape index (κ3) is 15.9. The number of pyridine rings is 4. The third-order valence-corrected chi connectivity index (χ3v) is 16.4. The smallest absolute Gasteiger partial charge is 0.201 e. The summed E-state index contributed by atoms with van der Waals surface area (Å²) in [6.07, 6.45) is 18.4. The second kappa shape index (κ2) is 26.8. The zero-order chi connectivity index (χ0) is 60.8. The monoisotopic (exact) mass is 1070 g/mol. The average molecular weight is 1070 g/mol. The summed E-state index contributed by atoms with van der Waals surface area (Å²) in [6, 6.07) is 43.1. The first-order valence-corrected chi connectivity index (χ1v) is 29.8. The SMILES string of the molecule is Cc1cc(-c2ccccc2C)[n+](C)cc1CC(C)(C)C.Cc1ccccc1-c1cc(C)c(C2CCCC2)c[n+]1C.[2H]C([2H])(c1c[n+](C)c(-c2ccccc2C)cc1C)C(C)(C)C.[2H]C1(c2c[n+](C)c(-c3ccccc3C)cc2C)CCCC1. The van der Waals surface area contributed by atoms with E-state index in [1.807, 2.05) is 57.6 Å². The fraction of sp³-hybridized carbons (Fsp3) is 0.421. The molecule has 0 bridgehead atoms. The van der Waals surface area contributed by atoms with Crippen LogP contribution in [0.2, 0.25) is 0 Å². The van der Waals surface area contributed by atoms with Crippen molar-refractivity contribution < 1.29 is 22.4 Å². The van der Waals surface area contributed by atoms with Gasteiger partial charge in [-0.2, -0.15) is 0 Å². The van der Waals surface area contributed by atoms with E-state index in [-0.39, 0.29) is 5.89 Å². The van der Waals surface area contributed by atoms with E-state index in [0.717, 1.165) is 42.0 Å². The summed E-state index contributed by atoms with van der Waals surface area (Å²) in [5, 5.41) is 0. The lowest BCUT2D eigenvalue weighted by Gasteiger charge is -2.19. The van der Waals surface area contributed by atoms with Crippen LogP contribution in [0.5, 0.6) is 0 Å². The van der Waals surface area contributed by atoms with E-state index in [2.05, 4.69) is 232 Å². The van der Waals surface area contributed by atoms with Crippen LogP contribution in [0.3, 0.4) is 0 Å². The Hall–Kier alpha value is -6.52. The molecule has 0 unspecified atom stereocenters. The first-order valence-electron chi connectivity index (χ1n) is 31.3. The fourth-order valence-electron chi connectivity index (χ4n) is 12.0. The molecule has 0 N–H and O–H groups in total. The molecule has 4 aromatic carbocycles. The van der Waals surface area contributed by atoms with Crippen LogP contribution in [0.1, 0.15) is 176 Å². The van der Waals surface area contributed by atoms with Crippen molar-refractivity contribution in [2.45, 2.75) is 173 Å². The summed E-state index contributed by atoms with van der Waals surface area (Å²) < 4.78 is 34.6. The normalized spacial score (nSPS) is 14.8. The van der Waals surface area contributed by atoms with Gasteiger partial charge in [-0.1, -0.05) is 140 Å². The highest BCUT2D eigenvalue weighted by Crippen LogP contribution is 2.38. The van der Waals surface area contributed by atoms with Crippen LogP contribution in [0.4, 0.5) is 0 Å². The highest BCUT2D eigenvalue weighted by molar-refractivity contribution is 5.64. The molecule has 2 aliphatic carbocycles. The second-order valence-electron chi connectivity index (χ2n) is 25.8. The average Bonchev–Trinajstić information content (AvgIpc) is 4.20. The van der Waals surface area contributed by atoms with E-state index in [1.54, 1.807) is 5.56 Å². The van der Waals surface area contributed by atoms with Crippen molar-refractivity contribution in [2.75, 3.05) is 0 Å². The van der Waals surface area contributed by atoms with Gasteiger partial charge in [0.15, 0.2) is 24.8 Å². The van der Waals surface area contributed by atoms with Crippen LogP contribution in [0.15, 0.2) is 146 Å². The van der Waals surface area contributed by atoms with E-state index in [9.17, 15) is 0 Å². The standard InChI is InChI=1S/2C19H24N.2C19H26N/c2*1-14-8-4-7-11-17(14)19-12-15(2)18(13-20(19)3)16-9-5-6-10-16;2*1-14-9-7-8-10-17(14)18-11-15(2)16(13-20(18)6)12-19(3,4)5/h2*4,7-8,11-13,16H,5-6,9-10H2,1-3H3;2*7-11,13H,12H2,1-6H3/q4*+1/i16D;;12D2;. The highest BCUT2D eigenvalue weighted by atomic mass is 14.9. The maximum absolute atomic E-state index is 8.76. The number of nitrogens with zero attached hydrogens (tertiary/aromatic N) is 4. The number of benzene rings is 4. The molecule has 4 nitrogen and oxygen atoms in total. The quantitative estimate of drug-likeness (QED) is 0.135. The predicted octanol–water partition coefficient (Wildman–Crippen LogP) is 17.7. The lowest BCUT2D eigenvalue weighted by Crippen LogP contribution is -2.32. The predicted molar refractivity (Wildman–Crippen MR) is 339 cm³/mol. The van der Waals surface area contributed by atoms with Crippen LogP contribution >= 0.6 is 0 Å². The van der Waals surface area contributed by atoms with Crippen molar-refractivity contribution in [2.24, 2.45) is 39.0 Å². The van der Waals surface area contributed by atoms with Crippen LogP contribution in [0.25, 0.3) is 45.0 Å². The zero-order valence-corrected chi connectivity index (χ0v) is 52.6. The Morgan fingerprint density at radius 3 is 1.07 bits per heavy atom. The molecule has 2 aliphatic rings. The topological polar surface area (TPSA) is 15.5 Å². The zero-order valence-electron chi connectivity index (χ0n) is 55.6. The van der Waals surface area contributed by atoms with E-state index in [1.165, 1.54) is 128 Å². The number of aryl methyl sites for hydroxylation is 12. The number of hydrogen-bond acceptors (Lipinski definition) is 0. The summed E-state index contributed by atoms with van der Waals surface area (Å²) in [6.45, 7) is 30.0. The largest absolute Gasteiger partial charge is 0.212 e. The number of hydrogen-bond donors (Lipinski definition) is 0. The van der Waals surface area contributed by atoms with Gasteiger partial charge in [-0.3, -0.25) is 0 Å². The second-order valence-corrected chi connectivity index (χ2v) is 25.8. The summed E-state index contributed by atoms with van der Waals surface area (Å²) in [4.78, 5) is 0. The van der Waals surface area contributed by atoms with Gasteiger partial charge >= 0.3 is 0 Å². The van der Waals surface area contributed by atoms with Crippen molar-refractivity contribution in [3.8, 4) is 45.0 Å². The van der Waals surface area contributed by atoms with Crippen molar-refractivity contribution in [3.63, 3.8) is 0 Å². The van der Waals surface area contributed by atoms with E-state index in [0.29, 0.717) is 5.41 Å². The Kier molecular flexibility index (Phi) is 19.0. The molecule has 0 amide bonds. The van der Waals surface area contributed by atoms with Gasteiger partial charge in [0.1, 0.15) is 28.2 Å². The van der Waals surface area contributed by atoms with Gasteiger partial charge in [0.2, 0.25) is 22.8 Å². The highest BCUT2D eigenvalue weighted by Gasteiger charge is 2.26. The van der Waals surface area contributed by atoms with Gasteiger partial charge in [-0.05, 0) is 185 Å². The Bertz CT molecular complexity index is 3540.